The van der Waals surface area contributed by atoms with Crippen LogP contribution in [0, 0.1) is 6.92 Å². The number of para-hydroxylation sites is 1. The van der Waals surface area contributed by atoms with Gasteiger partial charge in [0.15, 0.2) is 0 Å². The predicted molar refractivity (Wildman–Crippen MR) is 121 cm³/mol. The van der Waals surface area contributed by atoms with Crippen LogP contribution in [0.25, 0.3) is 33.3 Å². The monoisotopic (exact) mass is 415 g/mol. The topological polar surface area (TPSA) is 56.9 Å². The summed E-state index contributed by atoms with van der Waals surface area (Å²) >= 11 is 0. The van der Waals surface area contributed by atoms with E-state index in [2.05, 4.69) is 29.7 Å². The number of aryl methyl sites for hydroxylation is 1. The fraction of sp³-hybridized carbons (Fsp3) is 0.125. The highest BCUT2D eigenvalue weighted by Crippen LogP contribution is 2.29. The summed E-state index contributed by atoms with van der Waals surface area (Å²) in [6, 6.07) is 23.9. The number of aromatic nitrogens is 3. The molecule has 0 spiro atoms. The molecule has 5 aromatic rings. The molecule has 6 heteroatoms. The Morgan fingerprint density at radius 2 is 1.63 bits per heavy atom. The summed E-state index contributed by atoms with van der Waals surface area (Å²) in [4.78, 5) is 4.91. The van der Waals surface area contributed by atoms with Crippen LogP contribution >= 0.6 is 0 Å². The van der Waals surface area contributed by atoms with E-state index >= 15 is 0 Å². The quantitative estimate of drug-likeness (QED) is 0.423. The van der Waals surface area contributed by atoms with Crippen molar-refractivity contribution in [2.45, 2.75) is 13.5 Å². The lowest BCUT2D eigenvalue weighted by Gasteiger charge is -2.09. The Bertz CT molecular complexity index is 1500. The first-order chi connectivity index (χ1) is 14.4. The average molecular weight is 416 g/mol. The summed E-state index contributed by atoms with van der Waals surface area (Å²) in [5, 5.41) is 0.927. The van der Waals surface area contributed by atoms with Gasteiger partial charge >= 0.3 is 0 Å². The number of hydrogen-bond acceptors (Lipinski definition) is 3. The molecule has 0 saturated carbocycles. The maximum Gasteiger partial charge on any atom is 0.236 e. The van der Waals surface area contributed by atoms with Crippen molar-refractivity contribution in [3.8, 4) is 11.4 Å². The first-order valence-electron chi connectivity index (χ1n) is 9.73. The zero-order valence-corrected chi connectivity index (χ0v) is 17.6. The van der Waals surface area contributed by atoms with Crippen LogP contribution in [-0.4, -0.2) is 28.2 Å². The van der Waals surface area contributed by atoms with Crippen molar-refractivity contribution in [1.29, 1.82) is 0 Å². The van der Waals surface area contributed by atoms with E-state index in [9.17, 15) is 8.42 Å². The molecule has 5 nitrogen and oxygen atoms in total. The minimum absolute atomic E-state index is 0.521. The highest BCUT2D eigenvalue weighted by Gasteiger charge is 2.18. The number of rotatable bonds is 4. The van der Waals surface area contributed by atoms with Gasteiger partial charge in [0.1, 0.15) is 5.82 Å². The van der Waals surface area contributed by atoms with Gasteiger partial charge in [0.2, 0.25) is 10.0 Å². The number of nitrogens with zero attached hydrogens (tertiary/aromatic N) is 3. The molecule has 0 saturated heterocycles. The summed E-state index contributed by atoms with van der Waals surface area (Å²) in [5.41, 5.74) is 5.76. The molecule has 0 atom stereocenters. The minimum atomic E-state index is -3.41. The summed E-state index contributed by atoms with van der Waals surface area (Å²) in [6.45, 7) is 2.58. The molecule has 3 aromatic carbocycles. The van der Waals surface area contributed by atoms with Crippen LogP contribution in [0.1, 0.15) is 11.1 Å². The van der Waals surface area contributed by atoms with Crippen LogP contribution in [0.15, 0.2) is 79.0 Å². The molecule has 0 fully saturated rings. The highest BCUT2D eigenvalue weighted by atomic mass is 32.2. The van der Waals surface area contributed by atoms with Crippen LogP contribution in [0.3, 0.4) is 0 Å². The van der Waals surface area contributed by atoms with Gasteiger partial charge < -0.3 is 4.57 Å². The van der Waals surface area contributed by atoms with Crippen molar-refractivity contribution in [3.05, 3.63) is 90.1 Å². The predicted octanol–water partition coefficient (Wildman–Crippen LogP) is 4.82. The Balaban J connectivity index is 1.75. The maximum absolute atomic E-state index is 12.3. The standard InChI is InChI=1S/C24H21N3O2S/c1-17-12-13-23-21(14-17)25-24(18-8-4-3-5-9-18)26(23)15-19-16-27(30(2,28)29)22-11-7-6-10-20(19)22/h3-14,16H,15H2,1-2H3. The van der Waals surface area contributed by atoms with Gasteiger partial charge in [-0.3, -0.25) is 0 Å². The molecule has 0 radical (unpaired) electrons. The molecule has 0 N–H and O–H groups in total. The van der Waals surface area contributed by atoms with E-state index in [-0.39, 0.29) is 0 Å². The SMILES string of the molecule is Cc1ccc2c(c1)nc(-c1ccccc1)n2Cc1cn(S(C)(=O)=O)c2ccccc12. The molecule has 30 heavy (non-hydrogen) atoms. The van der Waals surface area contributed by atoms with Gasteiger partial charge in [-0.25, -0.2) is 17.4 Å². The van der Waals surface area contributed by atoms with Gasteiger partial charge in [-0.1, -0.05) is 54.6 Å². The second kappa shape index (κ2) is 6.85. The lowest BCUT2D eigenvalue weighted by Crippen LogP contribution is -2.08. The maximum atomic E-state index is 12.3. The molecule has 2 heterocycles. The van der Waals surface area contributed by atoms with Crippen molar-refractivity contribution < 1.29 is 8.42 Å². The highest BCUT2D eigenvalue weighted by molar-refractivity contribution is 7.89. The third-order valence-corrected chi connectivity index (χ3v) is 6.40. The Labute approximate surface area is 175 Å². The van der Waals surface area contributed by atoms with E-state index in [1.165, 1.54) is 10.2 Å². The Kier molecular flexibility index (Phi) is 4.25. The van der Waals surface area contributed by atoms with Crippen molar-refractivity contribution in [1.82, 2.24) is 13.5 Å². The van der Waals surface area contributed by atoms with Crippen molar-refractivity contribution in [3.63, 3.8) is 0 Å². The molecule has 150 valence electrons. The fourth-order valence-electron chi connectivity index (χ4n) is 4.00. The summed E-state index contributed by atoms with van der Waals surface area (Å²) < 4.78 is 28.2. The molecule has 0 aliphatic carbocycles. The Morgan fingerprint density at radius 3 is 2.40 bits per heavy atom. The van der Waals surface area contributed by atoms with Crippen molar-refractivity contribution in [2.24, 2.45) is 0 Å². The largest absolute Gasteiger partial charge is 0.319 e. The van der Waals surface area contributed by atoms with Crippen LogP contribution in [0.5, 0.6) is 0 Å². The first-order valence-corrected chi connectivity index (χ1v) is 11.6. The summed E-state index contributed by atoms with van der Waals surface area (Å²) in [7, 11) is -3.41. The van der Waals surface area contributed by atoms with Gasteiger partial charge in [-0.15, -0.1) is 0 Å². The second-order valence-electron chi connectivity index (χ2n) is 7.61. The molecule has 0 aliphatic rings. The smallest absolute Gasteiger partial charge is 0.236 e. The van der Waals surface area contributed by atoms with E-state index < -0.39 is 10.0 Å². The molecule has 5 rings (SSSR count). The number of benzene rings is 3. The zero-order valence-electron chi connectivity index (χ0n) is 16.8. The third kappa shape index (κ3) is 3.09. The van der Waals surface area contributed by atoms with Gasteiger partial charge in [0.05, 0.1) is 29.4 Å². The normalized spacial score (nSPS) is 12.1. The Morgan fingerprint density at radius 1 is 0.900 bits per heavy atom. The molecule has 0 amide bonds. The van der Waals surface area contributed by atoms with Crippen molar-refractivity contribution in [2.75, 3.05) is 6.26 Å². The van der Waals surface area contributed by atoms with E-state index in [0.29, 0.717) is 12.1 Å². The number of hydrogen-bond donors (Lipinski definition) is 0. The van der Waals surface area contributed by atoms with Crippen LogP contribution in [0.4, 0.5) is 0 Å². The fourth-order valence-corrected chi connectivity index (χ4v) is 4.83. The van der Waals surface area contributed by atoms with Gasteiger partial charge in [-0.05, 0) is 36.2 Å². The third-order valence-electron chi connectivity index (χ3n) is 5.38. The lowest BCUT2D eigenvalue weighted by atomic mass is 10.1. The van der Waals surface area contributed by atoms with Gasteiger partial charge in [-0.2, -0.15) is 0 Å². The van der Waals surface area contributed by atoms with Crippen LogP contribution in [-0.2, 0) is 16.6 Å². The van der Waals surface area contributed by atoms with E-state index in [0.717, 1.165) is 38.9 Å². The molecule has 0 bridgehead atoms. The van der Waals surface area contributed by atoms with E-state index in [4.69, 9.17) is 4.98 Å². The molecule has 0 aliphatic heterocycles. The van der Waals surface area contributed by atoms with E-state index in [1.54, 1.807) is 6.20 Å². The Hall–Kier alpha value is -3.38. The average Bonchev–Trinajstić information content (AvgIpc) is 3.27. The van der Waals surface area contributed by atoms with Crippen LogP contribution in [0.2, 0.25) is 0 Å². The zero-order chi connectivity index (χ0) is 20.9. The van der Waals surface area contributed by atoms with Crippen LogP contribution < -0.4 is 0 Å². The van der Waals surface area contributed by atoms with Gasteiger partial charge in [0.25, 0.3) is 0 Å². The second-order valence-corrected chi connectivity index (χ2v) is 9.47. The molecular weight excluding hydrogens is 394 g/mol. The molecule has 0 unspecified atom stereocenters. The number of imidazole rings is 1. The minimum Gasteiger partial charge on any atom is -0.319 e. The number of fused-ring (bicyclic) bond motifs is 2. The first kappa shape index (κ1) is 18.6. The van der Waals surface area contributed by atoms with Gasteiger partial charge in [0, 0.05) is 17.1 Å². The lowest BCUT2D eigenvalue weighted by molar-refractivity contribution is 0.595. The summed E-state index contributed by atoms with van der Waals surface area (Å²) in [6.07, 6.45) is 2.96. The molecular formula is C24H21N3O2S. The molecule has 2 aromatic heterocycles. The van der Waals surface area contributed by atoms with Crippen molar-refractivity contribution >= 4 is 32.0 Å². The van der Waals surface area contributed by atoms with E-state index in [1.807, 2.05) is 54.6 Å². The summed E-state index contributed by atoms with van der Waals surface area (Å²) in [5.74, 6) is 0.868.